The van der Waals surface area contributed by atoms with Gasteiger partial charge in [-0.1, -0.05) is 37.3 Å². The summed E-state index contributed by atoms with van der Waals surface area (Å²) in [7, 11) is 0. The molecule has 0 unspecified atom stereocenters. The minimum absolute atomic E-state index is 0.492. The van der Waals surface area contributed by atoms with E-state index in [1.807, 2.05) is 0 Å². The molecule has 22 heavy (non-hydrogen) atoms. The highest BCUT2D eigenvalue weighted by atomic mass is 15.2. The van der Waals surface area contributed by atoms with E-state index in [4.69, 9.17) is 0 Å². The van der Waals surface area contributed by atoms with E-state index >= 15 is 0 Å². The zero-order chi connectivity index (χ0) is 15.4. The van der Waals surface area contributed by atoms with Gasteiger partial charge >= 0.3 is 0 Å². The van der Waals surface area contributed by atoms with E-state index in [1.165, 1.54) is 17.7 Å². The van der Waals surface area contributed by atoms with Gasteiger partial charge in [0, 0.05) is 37.4 Å². The van der Waals surface area contributed by atoms with Crippen molar-refractivity contribution in [3.63, 3.8) is 0 Å². The van der Waals surface area contributed by atoms with Crippen LogP contribution in [0.1, 0.15) is 43.3 Å². The van der Waals surface area contributed by atoms with Crippen LogP contribution >= 0.6 is 0 Å². The van der Waals surface area contributed by atoms with Crippen LogP contribution in [0.5, 0.6) is 0 Å². The minimum atomic E-state index is 0.492. The first-order chi connectivity index (χ1) is 10.8. The van der Waals surface area contributed by atoms with Crippen molar-refractivity contribution in [1.29, 1.82) is 0 Å². The molecule has 0 amide bonds. The molecule has 1 aliphatic rings. The molecule has 0 spiro atoms. The number of hydrogen-bond donors (Lipinski definition) is 2. The molecule has 4 nitrogen and oxygen atoms in total. The van der Waals surface area contributed by atoms with E-state index in [-0.39, 0.29) is 0 Å². The van der Waals surface area contributed by atoms with Crippen molar-refractivity contribution in [2.75, 3.05) is 13.1 Å². The highest BCUT2D eigenvalue weighted by molar-refractivity contribution is 5.18. The van der Waals surface area contributed by atoms with Crippen LogP contribution in [0.15, 0.2) is 36.4 Å². The molecule has 1 aromatic heterocycles. The summed E-state index contributed by atoms with van der Waals surface area (Å²) in [5.41, 5.74) is 3.73. The molecule has 2 aromatic rings. The monoisotopic (exact) mass is 298 g/mol. The van der Waals surface area contributed by atoms with Gasteiger partial charge < -0.3 is 5.32 Å². The lowest BCUT2D eigenvalue weighted by Crippen LogP contribution is -2.33. The van der Waals surface area contributed by atoms with Crippen molar-refractivity contribution >= 4 is 0 Å². The normalized spacial score (nSPS) is 20.4. The topological polar surface area (TPSA) is 44.0 Å². The minimum Gasteiger partial charge on any atom is -0.307 e. The number of rotatable bonds is 6. The van der Waals surface area contributed by atoms with Gasteiger partial charge in [-0.3, -0.25) is 10.00 Å². The predicted octanol–water partition coefficient (Wildman–Crippen LogP) is 2.90. The van der Waals surface area contributed by atoms with Gasteiger partial charge in [0.2, 0.25) is 0 Å². The Hall–Kier alpha value is -1.65. The Kier molecular flexibility index (Phi) is 4.90. The maximum Gasteiger partial charge on any atom is 0.0622 e. The summed E-state index contributed by atoms with van der Waals surface area (Å²) in [6.07, 6.45) is 2.20. The molecule has 118 valence electrons. The first kappa shape index (κ1) is 15.3. The molecule has 1 aromatic carbocycles. The van der Waals surface area contributed by atoms with Gasteiger partial charge in [0.05, 0.1) is 5.69 Å². The third-order valence-electron chi connectivity index (χ3n) is 4.68. The first-order valence-electron chi connectivity index (χ1n) is 8.31. The molecule has 2 N–H and O–H groups in total. The second kappa shape index (κ2) is 7.07. The third-order valence-corrected chi connectivity index (χ3v) is 4.68. The average molecular weight is 298 g/mol. The Morgan fingerprint density at radius 3 is 2.91 bits per heavy atom. The molecule has 0 aliphatic carbocycles. The quantitative estimate of drug-likeness (QED) is 0.862. The third kappa shape index (κ3) is 3.57. The maximum absolute atomic E-state index is 4.29. The molecular formula is C18H26N4. The Balaban J connectivity index is 1.49. The van der Waals surface area contributed by atoms with Crippen molar-refractivity contribution in [2.24, 2.45) is 0 Å². The van der Waals surface area contributed by atoms with Crippen LogP contribution in [0.4, 0.5) is 0 Å². The van der Waals surface area contributed by atoms with E-state index in [0.29, 0.717) is 12.1 Å². The largest absolute Gasteiger partial charge is 0.307 e. The summed E-state index contributed by atoms with van der Waals surface area (Å²) in [5, 5.41) is 11.1. The zero-order valence-corrected chi connectivity index (χ0v) is 13.5. The van der Waals surface area contributed by atoms with Crippen LogP contribution in [-0.4, -0.2) is 34.2 Å². The van der Waals surface area contributed by atoms with Crippen LogP contribution < -0.4 is 5.32 Å². The van der Waals surface area contributed by atoms with Gasteiger partial charge in [0.25, 0.3) is 0 Å². The van der Waals surface area contributed by atoms with Crippen molar-refractivity contribution in [3.05, 3.63) is 53.3 Å². The zero-order valence-electron chi connectivity index (χ0n) is 13.5. The van der Waals surface area contributed by atoms with Gasteiger partial charge in [0.15, 0.2) is 0 Å². The van der Waals surface area contributed by atoms with Crippen LogP contribution in [0, 0.1) is 0 Å². The molecule has 1 aliphatic heterocycles. The Labute approximate surface area is 132 Å². The number of likely N-dealkylation sites (tertiary alicyclic amines) is 1. The highest BCUT2D eigenvalue weighted by Crippen LogP contribution is 2.24. The Morgan fingerprint density at radius 2 is 2.18 bits per heavy atom. The Bertz CT molecular complexity index is 578. The fourth-order valence-corrected chi connectivity index (χ4v) is 3.18. The molecule has 0 saturated carbocycles. The fourth-order valence-electron chi connectivity index (χ4n) is 3.18. The number of aromatic amines is 1. The molecule has 2 heterocycles. The first-order valence-corrected chi connectivity index (χ1v) is 8.31. The molecular weight excluding hydrogens is 272 g/mol. The average Bonchev–Trinajstić information content (AvgIpc) is 3.22. The molecule has 1 fully saturated rings. The van der Waals surface area contributed by atoms with E-state index in [1.54, 1.807) is 0 Å². The number of H-pyrrole nitrogens is 1. The Morgan fingerprint density at radius 1 is 1.36 bits per heavy atom. The lowest BCUT2D eigenvalue weighted by atomic mass is 10.1. The van der Waals surface area contributed by atoms with Crippen molar-refractivity contribution < 1.29 is 0 Å². The smallest absolute Gasteiger partial charge is 0.0622 e. The van der Waals surface area contributed by atoms with Crippen molar-refractivity contribution in [3.8, 4) is 0 Å². The molecule has 1 saturated heterocycles. The van der Waals surface area contributed by atoms with E-state index < -0.39 is 0 Å². The predicted molar refractivity (Wildman–Crippen MR) is 89.6 cm³/mol. The van der Waals surface area contributed by atoms with Crippen LogP contribution in [-0.2, 0) is 13.0 Å². The lowest BCUT2D eigenvalue weighted by Gasteiger charge is -2.24. The number of benzene rings is 1. The number of aromatic nitrogens is 2. The van der Waals surface area contributed by atoms with Crippen LogP contribution in [0.25, 0.3) is 0 Å². The summed E-state index contributed by atoms with van der Waals surface area (Å²) in [6.45, 7) is 7.60. The van der Waals surface area contributed by atoms with Crippen molar-refractivity contribution in [2.45, 2.75) is 45.3 Å². The SMILES string of the molecule is CCc1cc(CN[C@@H]2CCN([C@@H](C)c3ccccc3)C2)[nH]n1. The summed E-state index contributed by atoms with van der Waals surface area (Å²) in [5.74, 6) is 0. The second-order valence-corrected chi connectivity index (χ2v) is 6.19. The molecule has 2 atom stereocenters. The number of hydrogen-bond acceptors (Lipinski definition) is 3. The standard InChI is InChI=1S/C18H26N4/c1-3-16-11-18(21-20-16)12-19-17-9-10-22(13-17)14(2)15-7-5-4-6-8-15/h4-8,11,14,17,19H,3,9-10,12-13H2,1-2H3,(H,20,21)/t14-,17+/m0/s1. The van der Waals surface area contributed by atoms with Gasteiger partial charge in [-0.05, 0) is 31.4 Å². The van der Waals surface area contributed by atoms with E-state index in [0.717, 1.165) is 31.7 Å². The van der Waals surface area contributed by atoms with E-state index in [2.05, 4.69) is 70.7 Å². The van der Waals surface area contributed by atoms with Gasteiger partial charge in [-0.2, -0.15) is 5.10 Å². The molecule has 0 radical (unpaired) electrons. The summed E-state index contributed by atoms with van der Waals surface area (Å²) >= 11 is 0. The lowest BCUT2D eigenvalue weighted by molar-refractivity contribution is 0.255. The summed E-state index contributed by atoms with van der Waals surface area (Å²) in [4.78, 5) is 2.57. The molecule has 3 rings (SSSR count). The number of nitrogens with zero attached hydrogens (tertiary/aromatic N) is 2. The summed E-state index contributed by atoms with van der Waals surface area (Å²) in [6, 6.07) is 14.0. The van der Waals surface area contributed by atoms with Crippen LogP contribution in [0.3, 0.4) is 0 Å². The van der Waals surface area contributed by atoms with Crippen molar-refractivity contribution in [1.82, 2.24) is 20.4 Å². The molecule has 4 heteroatoms. The van der Waals surface area contributed by atoms with Gasteiger partial charge in [-0.15, -0.1) is 0 Å². The van der Waals surface area contributed by atoms with Crippen LogP contribution in [0.2, 0.25) is 0 Å². The summed E-state index contributed by atoms with van der Waals surface area (Å²) < 4.78 is 0. The van der Waals surface area contributed by atoms with E-state index in [9.17, 15) is 0 Å². The van der Waals surface area contributed by atoms with Gasteiger partial charge in [-0.25, -0.2) is 0 Å². The van der Waals surface area contributed by atoms with Gasteiger partial charge in [0.1, 0.15) is 0 Å². The molecule has 0 bridgehead atoms. The second-order valence-electron chi connectivity index (χ2n) is 6.19. The number of nitrogens with one attached hydrogen (secondary N) is 2. The fraction of sp³-hybridized carbons (Fsp3) is 0.500. The maximum atomic E-state index is 4.29. The highest BCUT2D eigenvalue weighted by Gasteiger charge is 2.26. The number of aryl methyl sites for hydroxylation is 1.